The third-order valence-electron chi connectivity index (χ3n) is 1.74. The molecule has 1 N–H and O–H groups in total. The summed E-state index contributed by atoms with van der Waals surface area (Å²) in [5, 5.41) is 8.48. The normalized spacial score (nSPS) is 9.75. The van der Waals surface area contributed by atoms with E-state index in [-0.39, 0.29) is 0 Å². The van der Waals surface area contributed by atoms with Crippen molar-refractivity contribution in [2.24, 2.45) is 0 Å². The summed E-state index contributed by atoms with van der Waals surface area (Å²) >= 11 is 0. The van der Waals surface area contributed by atoms with Gasteiger partial charge in [0, 0.05) is 6.61 Å². The maximum absolute atomic E-state index is 9.73. The Balaban J connectivity index is 2.77. The van der Waals surface area contributed by atoms with Crippen molar-refractivity contribution in [3.8, 4) is 0 Å². The first-order valence-electron chi connectivity index (χ1n) is 4.58. The van der Waals surface area contributed by atoms with Crippen LogP contribution in [0, 0.1) is 0 Å². The Morgan fingerprint density at radius 3 is 2.17 bits per heavy atom. The fraction of sp³-hybridized carbons (Fsp3) is 0.889. The third kappa shape index (κ3) is 9.43. The number of aliphatic hydroxyl groups excluding tert-OH is 1. The second kappa shape index (κ2) is 10.4. The molecular weight excluding hydrogens is 156 g/mol. The summed E-state index contributed by atoms with van der Waals surface area (Å²) in [5.74, 6) is 0. The first-order chi connectivity index (χ1) is 5.91. The molecule has 0 saturated carbocycles. The minimum absolute atomic E-state index is 0.300. The molecule has 0 aromatic heterocycles. The van der Waals surface area contributed by atoms with E-state index in [1.54, 1.807) is 0 Å². The molecule has 0 unspecified atom stereocenters. The van der Waals surface area contributed by atoms with Crippen LogP contribution in [0.1, 0.15) is 38.5 Å². The molecule has 3 heteroatoms. The van der Waals surface area contributed by atoms with Gasteiger partial charge in [-0.15, -0.1) is 0 Å². The van der Waals surface area contributed by atoms with E-state index < -0.39 is 0 Å². The van der Waals surface area contributed by atoms with Crippen LogP contribution in [-0.2, 0) is 9.53 Å². The van der Waals surface area contributed by atoms with Crippen LogP contribution in [0.5, 0.6) is 0 Å². The van der Waals surface area contributed by atoms with E-state index in [1.807, 2.05) is 0 Å². The summed E-state index contributed by atoms with van der Waals surface area (Å²) in [7, 11) is 0. The quantitative estimate of drug-likeness (QED) is 0.425. The zero-order valence-corrected chi connectivity index (χ0v) is 7.50. The first kappa shape index (κ1) is 11.4. The maximum atomic E-state index is 9.73. The monoisotopic (exact) mass is 174 g/mol. The minimum Gasteiger partial charge on any atom is -0.468 e. The van der Waals surface area contributed by atoms with E-state index in [4.69, 9.17) is 5.11 Å². The van der Waals surface area contributed by atoms with Crippen LogP contribution >= 0.6 is 0 Å². The highest BCUT2D eigenvalue weighted by molar-refractivity contribution is 5.36. The van der Waals surface area contributed by atoms with Gasteiger partial charge in [0.25, 0.3) is 6.47 Å². The van der Waals surface area contributed by atoms with Crippen LogP contribution in [0.15, 0.2) is 0 Å². The predicted octanol–water partition coefficient (Wildman–Crippen LogP) is 1.49. The lowest BCUT2D eigenvalue weighted by Gasteiger charge is -1.99. The Morgan fingerprint density at radius 2 is 1.58 bits per heavy atom. The number of aliphatic hydroxyl groups is 1. The van der Waals surface area contributed by atoms with E-state index in [9.17, 15) is 4.79 Å². The first-order valence-corrected chi connectivity index (χ1v) is 4.58. The van der Waals surface area contributed by atoms with Crippen molar-refractivity contribution in [2.75, 3.05) is 13.2 Å². The van der Waals surface area contributed by atoms with Gasteiger partial charge in [-0.2, -0.15) is 0 Å². The lowest BCUT2D eigenvalue weighted by Crippen LogP contribution is -1.91. The van der Waals surface area contributed by atoms with E-state index in [0.29, 0.717) is 19.7 Å². The number of carbonyl (C=O) groups is 1. The van der Waals surface area contributed by atoms with Crippen molar-refractivity contribution < 1.29 is 14.6 Å². The number of ether oxygens (including phenoxy) is 1. The molecule has 72 valence electrons. The van der Waals surface area contributed by atoms with Crippen molar-refractivity contribution in [2.45, 2.75) is 38.5 Å². The highest BCUT2D eigenvalue weighted by Gasteiger charge is 1.90. The summed E-state index contributed by atoms with van der Waals surface area (Å²) in [6.07, 6.45) is 6.41. The molecule has 0 rings (SSSR count). The van der Waals surface area contributed by atoms with Crippen molar-refractivity contribution in [3.05, 3.63) is 0 Å². The predicted molar refractivity (Wildman–Crippen MR) is 46.8 cm³/mol. The number of hydrogen-bond acceptors (Lipinski definition) is 3. The summed E-state index contributed by atoms with van der Waals surface area (Å²) in [5.41, 5.74) is 0. The molecule has 0 aromatic carbocycles. The average molecular weight is 174 g/mol. The van der Waals surface area contributed by atoms with Crippen LogP contribution in [0.2, 0.25) is 0 Å². The maximum Gasteiger partial charge on any atom is 0.293 e. The molecule has 0 aliphatic rings. The van der Waals surface area contributed by atoms with Gasteiger partial charge in [-0.25, -0.2) is 0 Å². The molecule has 3 nitrogen and oxygen atoms in total. The molecule has 0 atom stereocenters. The minimum atomic E-state index is 0.300. The molecular formula is C9H18O3. The Bertz CT molecular complexity index is 93.8. The third-order valence-corrected chi connectivity index (χ3v) is 1.74. The van der Waals surface area contributed by atoms with E-state index in [0.717, 1.165) is 25.7 Å². The van der Waals surface area contributed by atoms with Crippen molar-refractivity contribution in [1.29, 1.82) is 0 Å². The van der Waals surface area contributed by atoms with Crippen molar-refractivity contribution >= 4 is 6.47 Å². The van der Waals surface area contributed by atoms with Gasteiger partial charge in [0.1, 0.15) is 0 Å². The second-order valence-electron chi connectivity index (χ2n) is 2.81. The van der Waals surface area contributed by atoms with Crippen LogP contribution in [0.4, 0.5) is 0 Å². The Hall–Kier alpha value is -0.570. The van der Waals surface area contributed by atoms with Gasteiger partial charge in [0.05, 0.1) is 6.61 Å². The van der Waals surface area contributed by atoms with Crippen molar-refractivity contribution in [3.63, 3.8) is 0 Å². The van der Waals surface area contributed by atoms with Gasteiger partial charge >= 0.3 is 0 Å². The zero-order valence-electron chi connectivity index (χ0n) is 7.50. The average Bonchev–Trinajstić information content (AvgIpc) is 2.10. The summed E-state index contributed by atoms with van der Waals surface area (Å²) < 4.78 is 4.54. The van der Waals surface area contributed by atoms with Gasteiger partial charge in [-0.05, 0) is 12.8 Å². The van der Waals surface area contributed by atoms with E-state index in [1.165, 1.54) is 12.8 Å². The van der Waals surface area contributed by atoms with Crippen LogP contribution < -0.4 is 0 Å². The fourth-order valence-electron chi connectivity index (χ4n) is 1.05. The van der Waals surface area contributed by atoms with E-state index >= 15 is 0 Å². The molecule has 0 spiro atoms. The fourth-order valence-corrected chi connectivity index (χ4v) is 1.05. The Morgan fingerprint density at radius 1 is 1.00 bits per heavy atom. The summed E-state index contributed by atoms with van der Waals surface area (Å²) in [4.78, 5) is 9.73. The lowest BCUT2D eigenvalue weighted by molar-refractivity contribution is -0.128. The topological polar surface area (TPSA) is 46.5 Å². The highest BCUT2D eigenvalue weighted by Crippen LogP contribution is 2.04. The molecule has 0 aliphatic carbocycles. The van der Waals surface area contributed by atoms with Gasteiger partial charge in [-0.3, -0.25) is 4.79 Å². The Labute approximate surface area is 73.7 Å². The van der Waals surface area contributed by atoms with Gasteiger partial charge < -0.3 is 9.84 Å². The van der Waals surface area contributed by atoms with E-state index in [2.05, 4.69) is 4.74 Å². The molecule has 0 bridgehead atoms. The van der Waals surface area contributed by atoms with Crippen molar-refractivity contribution in [1.82, 2.24) is 0 Å². The van der Waals surface area contributed by atoms with Gasteiger partial charge in [0.2, 0.25) is 0 Å². The summed E-state index contributed by atoms with van der Waals surface area (Å²) in [6.45, 7) is 1.34. The molecule has 0 amide bonds. The molecule has 0 fully saturated rings. The largest absolute Gasteiger partial charge is 0.468 e. The van der Waals surface area contributed by atoms with Crippen LogP contribution in [0.25, 0.3) is 0 Å². The Kier molecular flexibility index (Phi) is 9.93. The molecule has 0 aliphatic heterocycles. The standard InChI is InChI=1S/C9H18O3/c10-7-5-3-1-2-4-6-8-12-9-11/h9-10H,1-8H2. The molecule has 0 aromatic rings. The number of rotatable bonds is 9. The number of hydrogen-bond donors (Lipinski definition) is 1. The number of unbranched alkanes of at least 4 members (excludes halogenated alkanes) is 5. The lowest BCUT2D eigenvalue weighted by atomic mass is 10.1. The molecule has 0 saturated heterocycles. The smallest absolute Gasteiger partial charge is 0.293 e. The van der Waals surface area contributed by atoms with Crippen LogP contribution in [-0.4, -0.2) is 24.8 Å². The highest BCUT2D eigenvalue weighted by atomic mass is 16.5. The second-order valence-corrected chi connectivity index (χ2v) is 2.81. The number of carbonyl (C=O) groups excluding carboxylic acids is 1. The SMILES string of the molecule is O=COCCCCCCCCO. The van der Waals surface area contributed by atoms with Crippen LogP contribution in [0.3, 0.4) is 0 Å². The molecule has 0 radical (unpaired) electrons. The summed E-state index contributed by atoms with van der Waals surface area (Å²) in [6, 6.07) is 0. The van der Waals surface area contributed by atoms with Gasteiger partial charge in [-0.1, -0.05) is 25.7 Å². The zero-order chi connectivity index (χ0) is 9.07. The molecule has 0 heterocycles. The van der Waals surface area contributed by atoms with Gasteiger partial charge in [0.15, 0.2) is 0 Å². The molecule has 12 heavy (non-hydrogen) atoms.